The van der Waals surface area contributed by atoms with Crippen LogP contribution in [0.3, 0.4) is 0 Å². The number of esters is 1. The number of carbonyl (C=O) groups is 2. The molecule has 0 unspecified atom stereocenters. The van der Waals surface area contributed by atoms with Crippen molar-refractivity contribution in [3.05, 3.63) is 22.2 Å². The average Bonchev–Trinajstić information content (AvgIpc) is 3.14. The maximum atomic E-state index is 13.1. The second kappa shape index (κ2) is 4.87. The van der Waals surface area contributed by atoms with Gasteiger partial charge in [0.25, 0.3) is 11.6 Å². The van der Waals surface area contributed by atoms with Crippen molar-refractivity contribution >= 4 is 23.3 Å². The third kappa shape index (κ3) is 1.80. The van der Waals surface area contributed by atoms with Gasteiger partial charge in [-0.1, -0.05) is 13.8 Å². The summed E-state index contributed by atoms with van der Waals surface area (Å²) >= 11 is 0. The highest BCUT2D eigenvalue weighted by molar-refractivity contribution is 6.04. The third-order valence-corrected chi connectivity index (χ3v) is 6.39. The van der Waals surface area contributed by atoms with Crippen LogP contribution in [0.15, 0.2) is 12.1 Å². The zero-order valence-corrected chi connectivity index (χ0v) is 14.6. The van der Waals surface area contributed by atoms with Gasteiger partial charge in [0.1, 0.15) is 5.69 Å². The molecule has 138 valence electrons. The minimum Gasteiger partial charge on any atom is -0.454 e. The van der Waals surface area contributed by atoms with Gasteiger partial charge in [-0.25, -0.2) is 0 Å². The first-order valence-electron chi connectivity index (χ1n) is 8.25. The van der Waals surface area contributed by atoms with Gasteiger partial charge in [-0.15, -0.1) is 0 Å². The maximum Gasteiger partial charge on any atom is 0.313 e. The lowest BCUT2D eigenvalue weighted by Gasteiger charge is -2.35. The number of nitro groups is 1. The Hall–Kier alpha value is -2.84. The number of ether oxygens (including phenoxy) is 3. The average molecular weight is 362 g/mol. The molecule has 0 spiro atoms. The predicted molar refractivity (Wildman–Crippen MR) is 87.8 cm³/mol. The van der Waals surface area contributed by atoms with Crippen LogP contribution in [0.5, 0.6) is 11.5 Å². The van der Waals surface area contributed by atoms with Crippen LogP contribution < -0.4 is 14.8 Å². The number of fused-ring (bicyclic) bond motifs is 3. The standard InChI is InChI=1S/C17H18N2O7/c1-15(2)16(3)4-5-17(15,26-14(16)21)13(20)18-9-6-11-12(25-8-24-11)7-10(9)19(22)23/h6-7H,4-5,8H2,1-3H3,(H,18,20)/t16-,17-/m0/s1. The first-order chi connectivity index (χ1) is 12.1. The fourth-order valence-electron chi connectivity index (χ4n) is 4.15. The topological polar surface area (TPSA) is 117 Å². The Balaban J connectivity index is 1.72. The molecule has 2 bridgehead atoms. The van der Waals surface area contributed by atoms with Crippen LogP contribution in [0.25, 0.3) is 0 Å². The Kier molecular flexibility index (Phi) is 3.11. The van der Waals surface area contributed by atoms with E-state index in [1.54, 1.807) is 6.92 Å². The molecule has 1 aromatic rings. The van der Waals surface area contributed by atoms with Crippen molar-refractivity contribution in [1.82, 2.24) is 0 Å². The summed E-state index contributed by atoms with van der Waals surface area (Å²) in [7, 11) is 0. The van der Waals surface area contributed by atoms with Gasteiger partial charge in [0.15, 0.2) is 17.1 Å². The first kappa shape index (κ1) is 16.6. The van der Waals surface area contributed by atoms with E-state index < -0.39 is 33.2 Å². The highest BCUT2D eigenvalue weighted by Gasteiger charge is 2.75. The second-order valence-electron chi connectivity index (χ2n) is 7.61. The maximum absolute atomic E-state index is 13.1. The molecule has 1 saturated heterocycles. The summed E-state index contributed by atoms with van der Waals surface area (Å²) in [6.07, 6.45) is 0.891. The van der Waals surface area contributed by atoms with E-state index in [1.165, 1.54) is 12.1 Å². The van der Waals surface area contributed by atoms with Crippen molar-refractivity contribution in [1.29, 1.82) is 0 Å². The SMILES string of the molecule is CC1(C)[C@@]2(C)CC[C@@]1(C(=O)Nc1cc3c(cc1[N+](=O)[O-])OCO3)OC2=O. The minimum absolute atomic E-state index is 0.0222. The molecule has 0 radical (unpaired) electrons. The van der Waals surface area contributed by atoms with Crippen LogP contribution in [-0.2, 0) is 14.3 Å². The van der Waals surface area contributed by atoms with Gasteiger partial charge >= 0.3 is 5.97 Å². The first-order valence-corrected chi connectivity index (χ1v) is 8.25. The summed E-state index contributed by atoms with van der Waals surface area (Å²) in [6, 6.07) is 2.56. The molecule has 26 heavy (non-hydrogen) atoms. The summed E-state index contributed by atoms with van der Waals surface area (Å²) in [5.74, 6) is -0.431. The summed E-state index contributed by atoms with van der Waals surface area (Å²) in [6.45, 7) is 5.38. The summed E-state index contributed by atoms with van der Waals surface area (Å²) in [5, 5.41) is 14.0. The van der Waals surface area contributed by atoms with Crippen molar-refractivity contribution in [3.8, 4) is 11.5 Å². The van der Waals surface area contributed by atoms with Crippen LogP contribution in [0.4, 0.5) is 11.4 Å². The Bertz CT molecular complexity index is 865. The van der Waals surface area contributed by atoms with E-state index in [9.17, 15) is 19.7 Å². The molecule has 2 heterocycles. The van der Waals surface area contributed by atoms with Crippen LogP contribution in [0.2, 0.25) is 0 Å². The van der Waals surface area contributed by atoms with E-state index in [0.29, 0.717) is 18.6 Å². The molecular formula is C17H18N2O7. The van der Waals surface area contributed by atoms with E-state index in [2.05, 4.69) is 5.32 Å². The molecule has 9 heteroatoms. The van der Waals surface area contributed by atoms with Crippen LogP contribution in [0.1, 0.15) is 33.6 Å². The van der Waals surface area contributed by atoms with Crippen molar-refractivity contribution in [2.75, 3.05) is 12.1 Å². The molecule has 3 aliphatic rings. The highest BCUT2D eigenvalue weighted by atomic mass is 16.7. The molecule has 1 aromatic carbocycles. The van der Waals surface area contributed by atoms with Gasteiger partial charge in [-0.05, 0) is 19.8 Å². The number of rotatable bonds is 3. The largest absolute Gasteiger partial charge is 0.454 e. The van der Waals surface area contributed by atoms with Gasteiger partial charge in [0.05, 0.1) is 16.4 Å². The Labute approximate surface area is 148 Å². The lowest BCUT2D eigenvalue weighted by molar-refractivity contribution is -0.384. The molecule has 1 aliphatic carbocycles. The zero-order valence-electron chi connectivity index (χ0n) is 14.6. The van der Waals surface area contributed by atoms with E-state index in [0.717, 1.165) is 0 Å². The van der Waals surface area contributed by atoms with Gasteiger partial charge in [0.2, 0.25) is 6.79 Å². The molecule has 1 N–H and O–H groups in total. The van der Waals surface area contributed by atoms with Gasteiger partial charge in [-0.2, -0.15) is 0 Å². The number of benzene rings is 1. The van der Waals surface area contributed by atoms with Crippen LogP contribution >= 0.6 is 0 Å². The molecule has 4 rings (SSSR count). The smallest absolute Gasteiger partial charge is 0.313 e. The lowest BCUT2D eigenvalue weighted by Crippen LogP contribution is -2.50. The normalized spacial score (nSPS) is 30.2. The Morgan fingerprint density at radius 1 is 1.19 bits per heavy atom. The Morgan fingerprint density at radius 2 is 1.85 bits per heavy atom. The molecule has 2 aliphatic heterocycles. The summed E-state index contributed by atoms with van der Waals surface area (Å²) in [5.41, 5.74) is -3.20. The molecule has 9 nitrogen and oxygen atoms in total. The number of amides is 1. The number of carbonyl (C=O) groups excluding carboxylic acids is 2. The van der Waals surface area contributed by atoms with E-state index in [4.69, 9.17) is 14.2 Å². The molecule has 0 aromatic heterocycles. The monoisotopic (exact) mass is 362 g/mol. The predicted octanol–water partition coefficient (Wildman–Crippen LogP) is 2.38. The van der Waals surface area contributed by atoms with Crippen molar-refractivity contribution in [2.45, 2.75) is 39.2 Å². The summed E-state index contributed by atoms with van der Waals surface area (Å²) in [4.78, 5) is 36.2. The van der Waals surface area contributed by atoms with Crippen LogP contribution in [0, 0.1) is 20.9 Å². The van der Waals surface area contributed by atoms with Crippen molar-refractivity contribution < 1.29 is 28.7 Å². The second-order valence-corrected chi connectivity index (χ2v) is 7.61. The molecule has 1 saturated carbocycles. The van der Waals surface area contributed by atoms with Gasteiger partial charge < -0.3 is 19.5 Å². The van der Waals surface area contributed by atoms with Gasteiger partial charge in [-0.3, -0.25) is 19.7 Å². The quantitative estimate of drug-likeness (QED) is 0.498. The number of hydrogen-bond donors (Lipinski definition) is 1. The zero-order chi connectivity index (χ0) is 18.9. The molecule has 2 fully saturated rings. The highest BCUT2D eigenvalue weighted by Crippen LogP contribution is 2.65. The Morgan fingerprint density at radius 3 is 2.38 bits per heavy atom. The number of nitrogens with zero attached hydrogens (tertiary/aromatic N) is 1. The van der Waals surface area contributed by atoms with Crippen LogP contribution in [-0.4, -0.2) is 29.2 Å². The van der Waals surface area contributed by atoms with Crippen molar-refractivity contribution in [2.24, 2.45) is 10.8 Å². The lowest BCUT2D eigenvalue weighted by atomic mass is 9.66. The third-order valence-electron chi connectivity index (χ3n) is 6.39. The molecule has 1 amide bonds. The van der Waals surface area contributed by atoms with Gasteiger partial charge in [0, 0.05) is 11.5 Å². The number of hydrogen-bond acceptors (Lipinski definition) is 7. The minimum atomic E-state index is -1.36. The molecular weight excluding hydrogens is 344 g/mol. The number of anilines is 1. The fraction of sp³-hybridized carbons (Fsp3) is 0.529. The van der Waals surface area contributed by atoms with E-state index in [-0.39, 0.29) is 23.9 Å². The number of nitrogens with one attached hydrogen (secondary N) is 1. The number of nitro benzene ring substituents is 1. The van der Waals surface area contributed by atoms with E-state index in [1.807, 2.05) is 13.8 Å². The summed E-state index contributed by atoms with van der Waals surface area (Å²) < 4.78 is 15.9. The fourth-order valence-corrected chi connectivity index (χ4v) is 4.15. The molecule has 2 atom stereocenters. The van der Waals surface area contributed by atoms with Crippen molar-refractivity contribution in [3.63, 3.8) is 0 Å². The van der Waals surface area contributed by atoms with E-state index >= 15 is 0 Å².